The third kappa shape index (κ3) is 2.10. The molecule has 4 nitrogen and oxygen atoms in total. The maximum atomic E-state index is 2.66. The second kappa shape index (κ2) is 6.67. The van der Waals surface area contributed by atoms with Gasteiger partial charge in [-0.3, -0.25) is 0 Å². The Labute approximate surface area is 203 Å². The molecule has 2 atom stereocenters. The summed E-state index contributed by atoms with van der Waals surface area (Å²) in [5.74, 6) is 1.12. The zero-order chi connectivity index (χ0) is 22.3. The predicted octanol–water partition coefficient (Wildman–Crippen LogP) is 6.10. The van der Waals surface area contributed by atoms with Gasteiger partial charge in [-0.1, -0.05) is 60.7 Å². The van der Waals surface area contributed by atoms with Crippen LogP contribution >= 0.6 is 11.8 Å². The number of nitrogens with zero attached hydrogens (tertiary/aromatic N) is 4. The largest absolute Gasteiger partial charge is 0.321 e. The predicted molar refractivity (Wildman–Crippen MR) is 141 cm³/mol. The quantitative estimate of drug-likeness (QED) is 0.336. The number of anilines is 5. The van der Waals surface area contributed by atoms with Crippen molar-refractivity contribution < 1.29 is 4.58 Å². The minimum absolute atomic E-state index is 0.0763. The van der Waals surface area contributed by atoms with Crippen LogP contribution in [-0.2, 0) is 5.66 Å². The van der Waals surface area contributed by atoms with Crippen LogP contribution in [0.5, 0.6) is 0 Å². The summed E-state index contributed by atoms with van der Waals surface area (Å²) in [4.78, 5) is 7.74. The Morgan fingerprint density at radius 2 is 1.24 bits per heavy atom. The van der Waals surface area contributed by atoms with E-state index >= 15 is 0 Å². The summed E-state index contributed by atoms with van der Waals surface area (Å²) in [6.45, 7) is 1.06. The number of hydrogen-bond acceptors (Lipinski definition) is 4. The van der Waals surface area contributed by atoms with Crippen molar-refractivity contribution in [3.63, 3.8) is 0 Å². The summed E-state index contributed by atoms with van der Waals surface area (Å²) in [5, 5.41) is 1.37. The van der Waals surface area contributed by atoms with Crippen LogP contribution in [0, 0.1) is 0 Å². The number of hydrogen-bond donors (Lipinski definition) is 0. The van der Waals surface area contributed by atoms with E-state index in [0.717, 1.165) is 12.3 Å². The second-order valence-corrected chi connectivity index (χ2v) is 10.2. The SMILES string of the molecule is c1ccc(N2c3ccccc3N3c4ccccc4C4(C23)N(c2ccccc2)C2=[N+]4CCS2)cc1. The van der Waals surface area contributed by atoms with Crippen molar-refractivity contribution in [3.8, 4) is 0 Å². The first-order chi connectivity index (χ1) is 16.9. The van der Waals surface area contributed by atoms with Crippen LogP contribution in [0.15, 0.2) is 109 Å². The number of thioether (sulfide) groups is 1. The average molecular weight is 460 g/mol. The van der Waals surface area contributed by atoms with Crippen LogP contribution in [0.3, 0.4) is 0 Å². The normalized spacial score (nSPS) is 23.6. The van der Waals surface area contributed by atoms with E-state index in [-0.39, 0.29) is 11.8 Å². The number of rotatable bonds is 2. The third-order valence-corrected chi connectivity index (χ3v) is 8.63. The lowest BCUT2D eigenvalue weighted by atomic mass is 9.91. The van der Waals surface area contributed by atoms with Crippen molar-refractivity contribution in [2.45, 2.75) is 11.8 Å². The van der Waals surface area contributed by atoms with Gasteiger partial charge in [0.1, 0.15) is 12.2 Å². The van der Waals surface area contributed by atoms with Gasteiger partial charge in [-0.2, -0.15) is 4.90 Å². The first kappa shape index (κ1) is 18.7. The van der Waals surface area contributed by atoms with Crippen LogP contribution in [0.4, 0.5) is 28.4 Å². The summed E-state index contributed by atoms with van der Waals surface area (Å²) in [6.07, 6.45) is 0.0763. The molecule has 0 bridgehead atoms. The van der Waals surface area contributed by atoms with E-state index in [1.807, 2.05) is 11.8 Å². The fraction of sp³-hybridized carbons (Fsp3) is 0.138. The number of amidine groups is 1. The zero-order valence-electron chi connectivity index (χ0n) is 18.6. The first-order valence-corrected chi connectivity index (χ1v) is 12.8. The monoisotopic (exact) mass is 459 g/mol. The van der Waals surface area contributed by atoms with E-state index in [2.05, 4.69) is 128 Å². The summed E-state index contributed by atoms with van der Waals surface area (Å²) in [7, 11) is 0. The Kier molecular flexibility index (Phi) is 3.67. The molecule has 0 saturated carbocycles. The van der Waals surface area contributed by atoms with Gasteiger partial charge in [-0.15, -0.1) is 0 Å². The van der Waals surface area contributed by atoms with E-state index in [1.54, 1.807) is 0 Å². The molecule has 0 saturated heterocycles. The summed E-state index contributed by atoms with van der Waals surface area (Å²) in [5.41, 5.74) is 7.38. The van der Waals surface area contributed by atoms with Gasteiger partial charge in [0.15, 0.2) is 0 Å². The fourth-order valence-corrected chi connectivity index (χ4v) is 7.62. The number of benzene rings is 4. The van der Waals surface area contributed by atoms with Crippen LogP contribution in [0.25, 0.3) is 0 Å². The molecule has 164 valence electrons. The molecule has 0 radical (unpaired) electrons. The highest BCUT2D eigenvalue weighted by Crippen LogP contribution is 2.64. The van der Waals surface area contributed by atoms with Crippen molar-refractivity contribution in [2.75, 3.05) is 27.0 Å². The topological polar surface area (TPSA) is 12.7 Å². The highest BCUT2D eigenvalue weighted by molar-refractivity contribution is 8.14. The fourth-order valence-electron chi connectivity index (χ4n) is 6.41. The van der Waals surface area contributed by atoms with E-state index in [1.165, 1.54) is 39.2 Å². The molecule has 4 aliphatic heterocycles. The standard InChI is InChI=1S/C29H23N4S/c1-3-11-21(12-4-1)31-25-17-9-10-18-26(25)32-24-16-8-7-15-23(24)29(27(31)32)30-19-20-34-28(30)33(29)22-13-5-2-6-14-22/h1-18,27H,19-20H2/q+1. The molecule has 4 aromatic carbocycles. The zero-order valence-corrected chi connectivity index (χ0v) is 19.4. The van der Waals surface area contributed by atoms with Crippen LogP contribution < -0.4 is 14.7 Å². The van der Waals surface area contributed by atoms with Crippen molar-refractivity contribution >= 4 is 45.4 Å². The van der Waals surface area contributed by atoms with E-state index in [0.29, 0.717) is 0 Å². The molecule has 5 heteroatoms. The molecule has 4 heterocycles. The van der Waals surface area contributed by atoms with Crippen LogP contribution in [0.2, 0.25) is 0 Å². The van der Waals surface area contributed by atoms with Gasteiger partial charge in [0.2, 0.25) is 6.17 Å². The van der Waals surface area contributed by atoms with Crippen LogP contribution in [0.1, 0.15) is 5.56 Å². The molecule has 0 amide bonds. The molecule has 0 fully saturated rings. The van der Waals surface area contributed by atoms with Gasteiger partial charge in [0.25, 0.3) is 0 Å². The lowest BCUT2D eigenvalue weighted by Gasteiger charge is -2.48. The Morgan fingerprint density at radius 1 is 0.647 bits per heavy atom. The molecular weight excluding hydrogens is 436 g/mol. The Morgan fingerprint density at radius 3 is 1.97 bits per heavy atom. The Balaban J connectivity index is 1.46. The van der Waals surface area contributed by atoms with Gasteiger partial charge >= 0.3 is 10.8 Å². The second-order valence-electron chi connectivity index (χ2n) is 9.13. The van der Waals surface area contributed by atoms with Crippen molar-refractivity contribution in [1.29, 1.82) is 0 Å². The molecule has 0 N–H and O–H groups in total. The smallest absolute Gasteiger partial charge is 0.310 e. The molecule has 2 unspecified atom stereocenters. The lowest BCUT2D eigenvalue weighted by molar-refractivity contribution is -0.635. The van der Waals surface area contributed by atoms with Gasteiger partial charge < -0.3 is 9.80 Å². The molecule has 8 rings (SSSR count). The average Bonchev–Trinajstić information content (AvgIpc) is 3.55. The minimum atomic E-state index is -0.314. The van der Waals surface area contributed by atoms with E-state index < -0.39 is 0 Å². The Hall–Kier alpha value is -3.70. The molecular formula is C29H23N4S+. The number of para-hydroxylation sites is 5. The third-order valence-electron chi connectivity index (χ3n) is 7.58. The highest BCUT2D eigenvalue weighted by Gasteiger charge is 2.76. The highest BCUT2D eigenvalue weighted by atomic mass is 32.2. The van der Waals surface area contributed by atoms with Gasteiger partial charge in [0.05, 0.1) is 22.6 Å². The van der Waals surface area contributed by atoms with Gasteiger partial charge in [0, 0.05) is 11.4 Å². The summed E-state index contributed by atoms with van der Waals surface area (Å²) < 4.78 is 2.66. The molecule has 4 aromatic rings. The summed E-state index contributed by atoms with van der Waals surface area (Å²) in [6, 6.07) is 39.7. The molecule has 4 aliphatic rings. The maximum Gasteiger partial charge on any atom is 0.321 e. The van der Waals surface area contributed by atoms with Crippen molar-refractivity contribution in [1.82, 2.24) is 0 Å². The van der Waals surface area contributed by atoms with Crippen molar-refractivity contribution in [2.24, 2.45) is 0 Å². The Bertz CT molecular complexity index is 1450. The molecule has 0 aromatic heterocycles. The molecule has 34 heavy (non-hydrogen) atoms. The molecule has 1 spiro atoms. The minimum Gasteiger partial charge on any atom is -0.310 e. The van der Waals surface area contributed by atoms with Crippen molar-refractivity contribution in [3.05, 3.63) is 115 Å². The molecule has 0 aliphatic carbocycles. The first-order valence-electron chi connectivity index (χ1n) is 11.9. The van der Waals surface area contributed by atoms with Gasteiger partial charge in [-0.25, -0.2) is 4.58 Å². The summed E-state index contributed by atoms with van der Waals surface area (Å²) >= 11 is 1.98. The number of fused-ring (bicyclic) bond motifs is 8. The van der Waals surface area contributed by atoms with Crippen LogP contribution in [-0.4, -0.2) is 28.2 Å². The van der Waals surface area contributed by atoms with Gasteiger partial charge in [-0.05, 0) is 60.3 Å². The van der Waals surface area contributed by atoms with E-state index in [9.17, 15) is 0 Å². The van der Waals surface area contributed by atoms with E-state index in [4.69, 9.17) is 0 Å². The maximum absolute atomic E-state index is 2.66. The lowest BCUT2D eigenvalue weighted by Crippen LogP contribution is -2.74.